The number of aryl methyl sites for hydroxylation is 2. The second kappa shape index (κ2) is 8.62. The maximum absolute atomic E-state index is 13.2. The molecule has 160 valence electrons. The molecule has 0 aliphatic carbocycles. The van der Waals surface area contributed by atoms with Gasteiger partial charge in [0.05, 0.1) is 19.8 Å². The number of morpholine rings is 1. The zero-order valence-corrected chi connectivity index (χ0v) is 18.7. The molecule has 1 aromatic carbocycles. The number of ether oxygens (including phenoxy) is 1. The minimum absolute atomic E-state index is 0.308. The van der Waals surface area contributed by atoms with Crippen LogP contribution >= 0.6 is 23.1 Å². The van der Waals surface area contributed by atoms with Gasteiger partial charge in [0.15, 0.2) is 0 Å². The minimum atomic E-state index is -0.308. The molecule has 0 spiro atoms. The number of thiophene rings is 1. The third-order valence-electron chi connectivity index (χ3n) is 5.19. The largest absolute Gasteiger partial charge is 0.411 e. The molecule has 1 fully saturated rings. The number of benzene rings is 1. The molecule has 0 N–H and O–H groups in total. The first-order chi connectivity index (χ1) is 15.1. The smallest absolute Gasteiger partial charge is 0.283 e. The number of hydrogen-bond acceptors (Lipinski definition) is 9. The van der Waals surface area contributed by atoms with Crippen molar-refractivity contribution in [1.82, 2.24) is 25.1 Å². The Hall–Kier alpha value is -2.40. The lowest BCUT2D eigenvalue weighted by molar-refractivity contribution is 0.0330. The predicted molar refractivity (Wildman–Crippen MR) is 117 cm³/mol. The van der Waals surface area contributed by atoms with Crippen LogP contribution in [0, 0.1) is 19.7 Å². The number of fused-ring (bicyclic) bond motifs is 1. The number of hydrogen-bond donors (Lipinski definition) is 0. The quantitative estimate of drug-likeness (QED) is 0.406. The molecule has 0 radical (unpaired) electrons. The van der Waals surface area contributed by atoms with Gasteiger partial charge in [-0.15, -0.1) is 21.5 Å². The van der Waals surface area contributed by atoms with Gasteiger partial charge in [-0.1, -0.05) is 0 Å². The standard InChI is InChI=1S/C21H20FN5O2S2/c1-12-13(2)30-19-17(12)20(24-16(23-19)11-27-7-9-28-10-8-27)31-21-26-25-18(29-21)14-3-5-15(22)6-4-14/h3-6H,7-11H2,1-2H3. The summed E-state index contributed by atoms with van der Waals surface area (Å²) in [4.78, 5) is 14.2. The first-order valence-corrected chi connectivity index (χ1v) is 11.5. The van der Waals surface area contributed by atoms with E-state index >= 15 is 0 Å². The van der Waals surface area contributed by atoms with Crippen LogP contribution in [0.5, 0.6) is 0 Å². The second-order valence-corrected chi connectivity index (χ2v) is 9.42. The van der Waals surface area contributed by atoms with Crippen molar-refractivity contribution in [2.75, 3.05) is 26.3 Å². The molecule has 3 aromatic heterocycles. The molecule has 0 unspecified atom stereocenters. The lowest BCUT2D eigenvalue weighted by Gasteiger charge is -2.25. The summed E-state index contributed by atoms with van der Waals surface area (Å²) in [5.41, 5.74) is 1.84. The number of aromatic nitrogens is 4. The number of nitrogens with zero attached hydrogens (tertiary/aromatic N) is 5. The normalized spacial score (nSPS) is 15.1. The van der Waals surface area contributed by atoms with E-state index in [1.54, 1.807) is 23.5 Å². The van der Waals surface area contributed by atoms with Crippen LogP contribution in [-0.2, 0) is 11.3 Å². The molecule has 1 aliphatic rings. The Labute approximate surface area is 186 Å². The average Bonchev–Trinajstić information content (AvgIpc) is 3.34. The highest BCUT2D eigenvalue weighted by Crippen LogP contribution is 2.38. The van der Waals surface area contributed by atoms with E-state index in [0.29, 0.717) is 23.2 Å². The van der Waals surface area contributed by atoms with Gasteiger partial charge in [-0.05, 0) is 55.4 Å². The third-order valence-corrected chi connectivity index (χ3v) is 7.12. The molecule has 4 heterocycles. The molecule has 0 saturated carbocycles. The van der Waals surface area contributed by atoms with Crippen LogP contribution in [0.25, 0.3) is 21.7 Å². The topological polar surface area (TPSA) is 77.2 Å². The van der Waals surface area contributed by atoms with Crippen LogP contribution in [-0.4, -0.2) is 51.4 Å². The fourth-order valence-electron chi connectivity index (χ4n) is 3.40. The number of halogens is 1. The molecule has 0 bridgehead atoms. The highest BCUT2D eigenvalue weighted by Gasteiger charge is 2.20. The van der Waals surface area contributed by atoms with Gasteiger partial charge in [0.1, 0.15) is 21.5 Å². The van der Waals surface area contributed by atoms with Crippen molar-refractivity contribution < 1.29 is 13.5 Å². The SMILES string of the molecule is Cc1sc2nc(CN3CCOCC3)nc(Sc3nnc(-c4ccc(F)cc4)o3)c2c1C. The Morgan fingerprint density at radius 2 is 1.87 bits per heavy atom. The summed E-state index contributed by atoms with van der Waals surface area (Å²) in [6.07, 6.45) is 0. The Balaban J connectivity index is 1.47. The van der Waals surface area contributed by atoms with E-state index in [4.69, 9.17) is 19.1 Å². The van der Waals surface area contributed by atoms with Crippen molar-refractivity contribution in [3.05, 3.63) is 46.3 Å². The highest BCUT2D eigenvalue weighted by atomic mass is 32.2. The van der Waals surface area contributed by atoms with E-state index < -0.39 is 0 Å². The van der Waals surface area contributed by atoms with Crippen molar-refractivity contribution in [3.63, 3.8) is 0 Å². The Morgan fingerprint density at radius 1 is 1.10 bits per heavy atom. The highest BCUT2D eigenvalue weighted by molar-refractivity contribution is 7.99. The minimum Gasteiger partial charge on any atom is -0.411 e. The lowest BCUT2D eigenvalue weighted by atomic mass is 10.2. The van der Waals surface area contributed by atoms with Gasteiger partial charge in [0, 0.05) is 28.9 Å². The molecular weight excluding hydrogens is 437 g/mol. The molecular formula is C21H20FN5O2S2. The molecule has 0 atom stereocenters. The first-order valence-electron chi connectivity index (χ1n) is 9.91. The predicted octanol–water partition coefficient (Wildman–Crippen LogP) is 4.48. The summed E-state index contributed by atoms with van der Waals surface area (Å²) in [6, 6.07) is 5.98. The number of rotatable bonds is 5. The van der Waals surface area contributed by atoms with Crippen molar-refractivity contribution >= 4 is 33.3 Å². The van der Waals surface area contributed by atoms with E-state index in [0.717, 1.165) is 47.4 Å². The monoisotopic (exact) mass is 457 g/mol. The third kappa shape index (κ3) is 4.33. The van der Waals surface area contributed by atoms with Gasteiger partial charge in [-0.2, -0.15) is 0 Å². The fourth-order valence-corrected chi connectivity index (χ4v) is 5.38. The van der Waals surface area contributed by atoms with Crippen molar-refractivity contribution in [1.29, 1.82) is 0 Å². The van der Waals surface area contributed by atoms with Crippen LogP contribution in [0.3, 0.4) is 0 Å². The van der Waals surface area contributed by atoms with Gasteiger partial charge >= 0.3 is 0 Å². The van der Waals surface area contributed by atoms with Gasteiger partial charge in [-0.3, -0.25) is 4.90 Å². The molecule has 10 heteroatoms. The summed E-state index contributed by atoms with van der Waals surface area (Å²) in [7, 11) is 0. The molecule has 5 rings (SSSR count). The molecule has 1 saturated heterocycles. The van der Waals surface area contributed by atoms with E-state index in [1.807, 2.05) is 0 Å². The van der Waals surface area contributed by atoms with E-state index in [2.05, 4.69) is 28.9 Å². The van der Waals surface area contributed by atoms with Gasteiger partial charge < -0.3 is 9.15 Å². The van der Waals surface area contributed by atoms with Crippen molar-refractivity contribution in [2.45, 2.75) is 30.6 Å². The summed E-state index contributed by atoms with van der Waals surface area (Å²) in [5, 5.41) is 10.5. The summed E-state index contributed by atoms with van der Waals surface area (Å²) in [5.74, 6) is 0.813. The molecule has 7 nitrogen and oxygen atoms in total. The van der Waals surface area contributed by atoms with Crippen LogP contribution < -0.4 is 0 Å². The van der Waals surface area contributed by atoms with Gasteiger partial charge in [0.25, 0.3) is 5.22 Å². The van der Waals surface area contributed by atoms with E-state index in [9.17, 15) is 4.39 Å². The van der Waals surface area contributed by atoms with Crippen LogP contribution in [0.4, 0.5) is 4.39 Å². The Bertz CT molecular complexity index is 1220. The fraction of sp³-hybridized carbons (Fsp3) is 0.333. The summed E-state index contributed by atoms with van der Waals surface area (Å²) >= 11 is 3.01. The van der Waals surface area contributed by atoms with E-state index in [1.165, 1.54) is 34.3 Å². The molecule has 1 aliphatic heterocycles. The maximum Gasteiger partial charge on any atom is 0.283 e. The van der Waals surface area contributed by atoms with Crippen molar-refractivity contribution in [3.8, 4) is 11.5 Å². The maximum atomic E-state index is 13.2. The van der Waals surface area contributed by atoms with Gasteiger partial charge in [0.2, 0.25) is 5.89 Å². The summed E-state index contributed by atoms with van der Waals surface area (Å²) in [6.45, 7) is 8.06. The second-order valence-electron chi connectivity index (χ2n) is 7.28. The zero-order chi connectivity index (χ0) is 21.4. The molecule has 4 aromatic rings. The van der Waals surface area contributed by atoms with Gasteiger partial charge in [-0.25, -0.2) is 14.4 Å². The van der Waals surface area contributed by atoms with Crippen LogP contribution in [0.1, 0.15) is 16.3 Å². The van der Waals surface area contributed by atoms with Crippen molar-refractivity contribution in [2.24, 2.45) is 0 Å². The average molecular weight is 458 g/mol. The van der Waals surface area contributed by atoms with E-state index in [-0.39, 0.29) is 5.82 Å². The Kier molecular flexibility index (Phi) is 5.70. The lowest BCUT2D eigenvalue weighted by Crippen LogP contribution is -2.36. The summed E-state index contributed by atoms with van der Waals surface area (Å²) < 4.78 is 24.5. The van der Waals surface area contributed by atoms with Crippen LogP contribution in [0.15, 0.2) is 38.9 Å². The zero-order valence-electron chi connectivity index (χ0n) is 17.1. The Morgan fingerprint density at radius 3 is 2.65 bits per heavy atom. The first kappa shape index (κ1) is 20.5. The molecule has 31 heavy (non-hydrogen) atoms. The molecule has 0 amide bonds. The van der Waals surface area contributed by atoms with Crippen LogP contribution in [0.2, 0.25) is 0 Å².